The fourth-order valence-electron chi connectivity index (χ4n) is 1.55. The van der Waals surface area contributed by atoms with Gasteiger partial charge in [0.05, 0.1) is 24.1 Å². The van der Waals surface area contributed by atoms with E-state index in [0.29, 0.717) is 18.8 Å². The van der Waals surface area contributed by atoms with E-state index in [-0.39, 0.29) is 5.75 Å². The minimum absolute atomic E-state index is 0.0877. The predicted molar refractivity (Wildman–Crippen MR) is 71.5 cm³/mol. The van der Waals surface area contributed by atoms with Crippen LogP contribution in [0.1, 0.15) is 6.42 Å². The quantitative estimate of drug-likeness (QED) is 0.626. The van der Waals surface area contributed by atoms with Crippen LogP contribution in [0.15, 0.2) is 36.5 Å². The second-order valence-electron chi connectivity index (χ2n) is 3.81. The van der Waals surface area contributed by atoms with Gasteiger partial charge in [0, 0.05) is 16.1 Å². The molecule has 0 saturated carbocycles. The Morgan fingerprint density at radius 3 is 2.83 bits per heavy atom. The highest BCUT2D eigenvalue weighted by atomic mass is 35.7. The Hall–Kier alpha value is -1.33. The average Bonchev–Trinajstić information content (AvgIpc) is 2.33. The summed E-state index contributed by atoms with van der Waals surface area (Å²) in [6.07, 6.45) is 1.98. The third kappa shape index (κ3) is 3.85. The topological polar surface area (TPSA) is 56.3 Å². The first-order valence-electron chi connectivity index (χ1n) is 5.44. The first-order chi connectivity index (χ1) is 8.54. The zero-order valence-electron chi connectivity index (χ0n) is 9.54. The molecule has 96 valence electrons. The number of benzene rings is 1. The molecule has 0 saturated heterocycles. The summed E-state index contributed by atoms with van der Waals surface area (Å²) >= 11 is 0. The Kier molecular flexibility index (Phi) is 4.04. The Morgan fingerprint density at radius 2 is 2.06 bits per heavy atom. The summed E-state index contributed by atoms with van der Waals surface area (Å²) in [5.74, 6) is 0.538. The lowest BCUT2D eigenvalue weighted by molar-refractivity contribution is 0.317. The number of ether oxygens (including phenoxy) is 1. The maximum absolute atomic E-state index is 10.7. The van der Waals surface area contributed by atoms with Crippen molar-refractivity contribution in [2.45, 2.75) is 6.42 Å². The van der Waals surface area contributed by atoms with Crippen LogP contribution in [0.3, 0.4) is 0 Å². The van der Waals surface area contributed by atoms with Crippen LogP contribution >= 0.6 is 10.7 Å². The summed E-state index contributed by atoms with van der Waals surface area (Å²) < 4.78 is 26.9. The van der Waals surface area contributed by atoms with Crippen LogP contribution in [0.25, 0.3) is 10.9 Å². The van der Waals surface area contributed by atoms with Gasteiger partial charge < -0.3 is 4.74 Å². The van der Waals surface area contributed by atoms with Gasteiger partial charge >= 0.3 is 0 Å². The summed E-state index contributed by atoms with van der Waals surface area (Å²) in [5.41, 5.74) is 0.896. The first kappa shape index (κ1) is 13.1. The highest BCUT2D eigenvalue weighted by Crippen LogP contribution is 2.17. The average molecular weight is 286 g/mol. The van der Waals surface area contributed by atoms with Gasteiger partial charge in [0.1, 0.15) is 5.75 Å². The maximum Gasteiger partial charge on any atom is 0.232 e. The molecule has 1 heterocycles. The van der Waals surface area contributed by atoms with Crippen molar-refractivity contribution in [2.75, 3.05) is 12.4 Å². The summed E-state index contributed by atoms with van der Waals surface area (Å²) in [6, 6.07) is 9.57. The van der Waals surface area contributed by atoms with Crippen LogP contribution in [0.5, 0.6) is 5.75 Å². The molecule has 0 N–H and O–H groups in total. The number of nitrogens with zero attached hydrogens (tertiary/aromatic N) is 1. The zero-order chi connectivity index (χ0) is 13.0. The lowest BCUT2D eigenvalue weighted by Crippen LogP contribution is -2.04. The molecule has 0 bridgehead atoms. The molecule has 0 amide bonds. The highest BCUT2D eigenvalue weighted by molar-refractivity contribution is 8.13. The van der Waals surface area contributed by atoms with E-state index in [9.17, 15) is 8.42 Å². The molecule has 1 aromatic carbocycles. The molecule has 0 aliphatic heterocycles. The standard InChI is InChI=1S/C12H12ClNO3S/c13-18(15,16)7-3-6-17-11-8-10-4-1-2-5-12(10)14-9-11/h1-2,4-5,8-9H,3,6-7H2. The lowest BCUT2D eigenvalue weighted by atomic mass is 10.2. The van der Waals surface area contributed by atoms with Crippen LogP contribution in [0.2, 0.25) is 0 Å². The molecule has 0 aliphatic carbocycles. The van der Waals surface area contributed by atoms with Crippen LogP contribution in [0.4, 0.5) is 0 Å². The van der Waals surface area contributed by atoms with Crippen molar-refractivity contribution in [2.24, 2.45) is 0 Å². The molecular weight excluding hydrogens is 274 g/mol. The van der Waals surface area contributed by atoms with Gasteiger partial charge in [-0.15, -0.1) is 0 Å². The van der Waals surface area contributed by atoms with Crippen molar-refractivity contribution >= 4 is 30.6 Å². The second-order valence-corrected chi connectivity index (χ2v) is 6.71. The molecular formula is C12H12ClNO3S. The van der Waals surface area contributed by atoms with E-state index in [1.807, 2.05) is 30.3 Å². The Morgan fingerprint density at radius 1 is 1.28 bits per heavy atom. The molecule has 4 nitrogen and oxygen atoms in total. The number of hydrogen-bond acceptors (Lipinski definition) is 4. The molecule has 0 radical (unpaired) electrons. The summed E-state index contributed by atoms with van der Waals surface area (Å²) in [5, 5.41) is 0.986. The Bertz CT molecular complexity index is 643. The van der Waals surface area contributed by atoms with E-state index < -0.39 is 9.05 Å². The number of halogens is 1. The van der Waals surface area contributed by atoms with Crippen LogP contribution in [-0.2, 0) is 9.05 Å². The van der Waals surface area contributed by atoms with Crippen molar-refractivity contribution in [3.63, 3.8) is 0 Å². The predicted octanol–water partition coefficient (Wildman–Crippen LogP) is 2.57. The van der Waals surface area contributed by atoms with E-state index in [4.69, 9.17) is 15.4 Å². The van der Waals surface area contributed by atoms with Crippen molar-refractivity contribution in [1.82, 2.24) is 4.98 Å². The maximum atomic E-state index is 10.7. The van der Waals surface area contributed by atoms with Gasteiger partial charge in [-0.25, -0.2) is 8.42 Å². The van der Waals surface area contributed by atoms with Gasteiger partial charge in [-0.3, -0.25) is 4.98 Å². The fourth-order valence-corrected chi connectivity index (χ4v) is 2.34. The van der Waals surface area contributed by atoms with Crippen molar-refractivity contribution < 1.29 is 13.2 Å². The first-order valence-corrected chi connectivity index (χ1v) is 7.92. The molecule has 18 heavy (non-hydrogen) atoms. The molecule has 0 aliphatic rings. The van der Waals surface area contributed by atoms with Crippen molar-refractivity contribution in [1.29, 1.82) is 0 Å². The third-order valence-electron chi connectivity index (χ3n) is 2.37. The molecule has 2 aromatic rings. The van der Waals surface area contributed by atoms with Gasteiger partial charge in [-0.1, -0.05) is 18.2 Å². The van der Waals surface area contributed by atoms with E-state index in [2.05, 4.69) is 4.98 Å². The Balaban J connectivity index is 1.96. The number of rotatable bonds is 5. The van der Waals surface area contributed by atoms with Gasteiger partial charge in [0.25, 0.3) is 0 Å². The van der Waals surface area contributed by atoms with E-state index in [1.54, 1.807) is 6.20 Å². The largest absolute Gasteiger partial charge is 0.492 e. The normalized spacial score (nSPS) is 11.6. The van der Waals surface area contributed by atoms with Gasteiger partial charge in [-0.2, -0.15) is 0 Å². The molecule has 2 rings (SSSR count). The number of fused-ring (bicyclic) bond motifs is 1. The van der Waals surface area contributed by atoms with Crippen LogP contribution in [-0.4, -0.2) is 25.8 Å². The van der Waals surface area contributed by atoms with Gasteiger partial charge in [0.2, 0.25) is 9.05 Å². The fraction of sp³-hybridized carbons (Fsp3) is 0.250. The number of para-hydroxylation sites is 1. The smallest absolute Gasteiger partial charge is 0.232 e. The second kappa shape index (κ2) is 5.54. The monoisotopic (exact) mass is 285 g/mol. The minimum atomic E-state index is -3.44. The Labute approximate surface area is 110 Å². The van der Waals surface area contributed by atoms with Gasteiger partial charge in [0.15, 0.2) is 0 Å². The summed E-state index contributed by atoms with van der Waals surface area (Å²) in [6.45, 7) is 0.298. The van der Waals surface area contributed by atoms with Crippen LogP contribution < -0.4 is 4.74 Å². The lowest BCUT2D eigenvalue weighted by Gasteiger charge is -2.05. The molecule has 0 spiro atoms. The summed E-state index contributed by atoms with van der Waals surface area (Å²) in [7, 11) is 1.66. The third-order valence-corrected chi connectivity index (χ3v) is 3.61. The number of hydrogen-bond donors (Lipinski definition) is 0. The number of pyridine rings is 1. The van der Waals surface area contributed by atoms with Gasteiger partial charge in [-0.05, 0) is 18.6 Å². The molecule has 0 unspecified atom stereocenters. The highest BCUT2D eigenvalue weighted by Gasteiger charge is 2.05. The summed E-state index contributed by atoms with van der Waals surface area (Å²) in [4.78, 5) is 4.24. The van der Waals surface area contributed by atoms with E-state index >= 15 is 0 Å². The van der Waals surface area contributed by atoms with E-state index in [0.717, 1.165) is 10.9 Å². The number of aromatic nitrogens is 1. The van der Waals surface area contributed by atoms with Crippen LogP contribution in [0, 0.1) is 0 Å². The molecule has 0 atom stereocenters. The SMILES string of the molecule is O=S(=O)(Cl)CCCOc1cnc2ccccc2c1. The molecule has 0 fully saturated rings. The van der Waals surface area contributed by atoms with E-state index in [1.165, 1.54) is 0 Å². The molecule has 6 heteroatoms. The zero-order valence-corrected chi connectivity index (χ0v) is 11.1. The van der Waals surface area contributed by atoms with Crippen molar-refractivity contribution in [3.8, 4) is 5.75 Å². The molecule has 1 aromatic heterocycles. The van der Waals surface area contributed by atoms with Crippen molar-refractivity contribution in [3.05, 3.63) is 36.5 Å². The minimum Gasteiger partial charge on any atom is -0.492 e.